The predicted molar refractivity (Wildman–Crippen MR) is 91.2 cm³/mol. The number of imide groups is 1. The number of amides is 2. The Morgan fingerprint density at radius 1 is 1.12 bits per heavy atom. The highest BCUT2D eigenvalue weighted by Gasteiger charge is 2.38. The van der Waals surface area contributed by atoms with E-state index >= 15 is 0 Å². The molecule has 2 amide bonds. The SMILES string of the molecule is COc1ccc(CC2CC(=O)N(Cc3cccnc3)C2=O)cc1OC. The van der Waals surface area contributed by atoms with Crippen molar-refractivity contribution in [2.45, 2.75) is 19.4 Å². The molecule has 1 aliphatic rings. The van der Waals surface area contributed by atoms with Crippen LogP contribution in [0.3, 0.4) is 0 Å². The molecule has 1 unspecified atom stereocenters. The Kier molecular flexibility index (Phi) is 4.97. The first-order valence-corrected chi connectivity index (χ1v) is 8.06. The predicted octanol–water partition coefficient (Wildman–Crippen LogP) is 2.22. The highest BCUT2D eigenvalue weighted by Crippen LogP contribution is 2.31. The maximum Gasteiger partial charge on any atom is 0.233 e. The van der Waals surface area contributed by atoms with E-state index in [0.29, 0.717) is 17.9 Å². The van der Waals surface area contributed by atoms with Crippen molar-refractivity contribution < 1.29 is 19.1 Å². The third-order valence-corrected chi connectivity index (χ3v) is 4.33. The van der Waals surface area contributed by atoms with Crippen LogP contribution in [0.1, 0.15) is 17.5 Å². The number of likely N-dealkylation sites (tertiary alicyclic amines) is 1. The van der Waals surface area contributed by atoms with E-state index in [1.54, 1.807) is 32.7 Å². The lowest BCUT2D eigenvalue weighted by Gasteiger charge is -2.15. The minimum atomic E-state index is -0.345. The number of hydrogen-bond acceptors (Lipinski definition) is 5. The van der Waals surface area contributed by atoms with Crippen LogP contribution in [0.4, 0.5) is 0 Å². The lowest BCUT2D eigenvalue weighted by molar-refractivity contribution is -0.140. The number of rotatable bonds is 6. The average molecular weight is 340 g/mol. The standard InChI is InChI=1S/C19H20N2O4/c1-24-16-6-5-13(9-17(16)25-2)8-15-10-18(22)21(19(15)23)12-14-4-3-7-20-11-14/h3-7,9,11,15H,8,10,12H2,1-2H3. The molecular formula is C19H20N2O4. The van der Waals surface area contributed by atoms with E-state index < -0.39 is 0 Å². The quantitative estimate of drug-likeness (QED) is 0.754. The molecule has 0 spiro atoms. The molecule has 0 saturated carbocycles. The maximum absolute atomic E-state index is 12.6. The van der Waals surface area contributed by atoms with Gasteiger partial charge in [0.25, 0.3) is 0 Å². The fourth-order valence-electron chi connectivity index (χ4n) is 3.04. The molecule has 130 valence electrons. The first kappa shape index (κ1) is 17.0. The molecule has 0 radical (unpaired) electrons. The van der Waals surface area contributed by atoms with Crippen LogP contribution in [0.5, 0.6) is 11.5 Å². The van der Waals surface area contributed by atoms with Crippen LogP contribution < -0.4 is 9.47 Å². The second-order valence-electron chi connectivity index (χ2n) is 5.97. The average Bonchev–Trinajstić information content (AvgIpc) is 2.90. The summed E-state index contributed by atoms with van der Waals surface area (Å²) >= 11 is 0. The van der Waals surface area contributed by atoms with Crippen molar-refractivity contribution in [2.75, 3.05) is 14.2 Å². The number of aromatic nitrogens is 1. The van der Waals surface area contributed by atoms with Gasteiger partial charge < -0.3 is 9.47 Å². The van der Waals surface area contributed by atoms with Gasteiger partial charge in [-0.2, -0.15) is 0 Å². The monoisotopic (exact) mass is 340 g/mol. The van der Waals surface area contributed by atoms with E-state index in [2.05, 4.69) is 4.98 Å². The molecular weight excluding hydrogens is 320 g/mol. The zero-order valence-corrected chi connectivity index (χ0v) is 14.3. The maximum atomic E-state index is 12.6. The Hall–Kier alpha value is -2.89. The van der Waals surface area contributed by atoms with Crippen molar-refractivity contribution >= 4 is 11.8 Å². The van der Waals surface area contributed by atoms with Gasteiger partial charge in [-0.1, -0.05) is 12.1 Å². The van der Waals surface area contributed by atoms with Gasteiger partial charge in [-0.15, -0.1) is 0 Å². The van der Waals surface area contributed by atoms with E-state index in [4.69, 9.17) is 9.47 Å². The highest BCUT2D eigenvalue weighted by molar-refractivity contribution is 6.03. The first-order chi connectivity index (χ1) is 12.1. The van der Waals surface area contributed by atoms with Crippen molar-refractivity contribution in [1.82, 2.24) is 9.88 Å². The Morgan fingerprint density at radius 3 is 2.60 bits per heavy atom. The van der Waals surface area contributed by atoms with Crippen LogP contribution >= 0.6 is 0 Å². The molecule has 6 heteroatoms. The Morgan fingerprint density at radius 2 is 1.92 bits per heavy atom. The van der Waals surface area contributed by atoms with Crippen molar-refractivity contribution in [1.29, 1.82) is 0 Å². The van der Waals surface area contributed by atoms with Gasteiger partial charge in [0.2, 0.25) is 11.8 Å². The normalized spacial score (nSPS) is 17.0. The Balaban J connectivity index is 1.72. The molecule has 1 saturated heterocycles. The molecule has 1 atom stereocenters. The minimum Gasteiger partial charge on any atom is -0.493 e. The zero-order chi connectivity index (χ0) is 17.8. The van der Waals surface area contributed by atoms with Crippen molar-refractivity contribution in [3.8, 4) is 11.5 Å². The van der Waals surface area contributed by atoms with E-state index in [0.717, 1.165) is 11.1 Å². The molecule has 0 bridgehead atoms. The van der Waals surface area contributed by atoms with Crippen molar-refractivity contribution in [3.05, 3.63) is 53.9 Å². The summed E-state index contributed by atoms with van der Waals surface area (Å²) in [6.45, 7) is 0.272. The van der Waals surface area contributed by atoms with Gasteiger partial charge in [0, 0.05) is 18.8 Å². The fourth-order valence-corrected chi connectivity index (χ4v) is 3.04. The molecule has 0 N–H and O–H groups in total. The minimum absolute atomic E-state index is 0.136. The van der Waals surface area contributed by atoms with Crippen LogP contribution in [-0.2, 0) is 22.6 Å². The van der Waals surface area contributed by atoms with E-state index in [-0.39, 0.29) is 30.7 Å². The summed E-state index contributed by atoms with van der Waals surface area (Å²) < 4.78 is 10.5. The molecule has 0 aliphatic carbocycles. The number of ether oxygens (including phenoxy) is 2. The second kappa shape index (κ2) is 7.34. The van der Waals surface area contributed by atoms with Gasteiger partial charge in [-0.25, -0.2) is 0 Å². The van der Waals surface area contributed by atoms with Crippen LogP contribution in [0.15, 0.2) is 42.7 Å². The number of pyridine rings is 1. The third-order valence-electron chi connectivity index (χ3n) is 4.33. The molecule has 2 heterocycles. The lowest BCUT2D eigenvalue weighted by Crippen LogP contribution is -2.30. The van der Waals surface area contributed by atoms with E-state index in [1.165, 1.54) is 4.90 Å². The number of benzene rings is 1. The van der Waals surface area contributed by atoms with Gasteiger partial charge in [0.1, 0.15) is 0 Å². The molecule has 3 rings (SSSR count). The van der Waals surface area contributed by atoms with Gasteiger partial charge in [-0.3, -0.25) is 19.5 Å². The summed E-state index contributed by atoms with van der Waals surface area (Å²) in [4.78, 5) is 30.2. The molecule has 1 aromatic heterocycles. The molecule has 6 nitrogen and oxygen atoms in total. The van der Waals surface area contributed by atoms with Gasteiger partial charge in [0.05, 0.1) is 26.7 Å². The van der Waals surface area contributed by atoms with E-state index in [9.17, 15) is 9.59 Å². The summed E-state index contributed by atoms with van der Waals surface area (Å²) in [7, 11) is 3.15. The second-order valence-corrected chi connectivity index (χ2v) is 5.97. The molecule has 2 aromatic rings. The summed E-state index contributed by atoms with van der Waals surface area (Å²) in [6.07, 6.45) is 4.06. The summed E-state index contributed by atoms with van der Waals surface area (Å²) in [6, 6.07) is 9.20. The Bertz CT molecular complexity index is 776. The van der Waals surface area contributed by atoms with Crippen LogP contribution in [0, 0.1) is 5.92 Å². The number of carbonyl (C=O) groups is 2. The van der Waals surface area contributed by atoms with Crippen LogP contribution in [0.2, 0.25) is 0 Å². The lowest BCUT2D eigenvalue weighted by atomic mass is 9.97. The topological polar surface area (TPSA) is 68.7 Å². The zero-order valence-electron chi connectivity index (χ0n) is 14.3. The summed E-state index contributed by atoms with van der Waals surface area (Å²) in [5.74, 6) is 0.632. The largest absolute Gasteiger partial charge is 0.493 e. The van der Waals surface area contributed by atoms with Gasteiger partial charge in [-0.05, 0) is 35.7 Å². The van der Waals surface area contributed by atoms with Gasteiger partial charge >= 0.3 is 0 Å². The molecule has 1 fully saturated rings. The van der Waals surface area contributed by atoms with Gasteiger partial charge in [0.15, 0.2) is 11.5 Å². The third kappa shape index (κ3) is 3.63. The van der Waals surface area contributed by atoms with Crippen LogP contribution in [-0.4, -0.2) is 35.9 Å². The first-order valence-electron chi connectivity index (χ1n) is 8.06. The van der Waals surface area contributed by atoms with Crippen molar-refractivity contribution in [2.24, 2.45) is 5.92 Å². The number of hydrogen-bond donors (Lipinski definition) is 0. The highest BCUT2D eigenvalue weighted by atomic mass is 16.5. The van der Waals surface area contributed by atoms with Crippen LogP contribution in [0.25, 0.3) is 0 Å². The number of carbonyl (C=O) groups excluding carboxylic acids is 2. The number of methoxy groups -OCH3 is 2. The van der Waals surface area contributed by atoms with Crippen molar-refractivity contribution in [3.63, 3.8) is 0 Å². The Labute approximate surface area is 146 Å². The molecule has 1 aromatic carbocycles. The smallest absolute Gasteiger partial charge is 0.233 e. The summed E-state index contributed by atoms with van der Waals surface area (Å²) in [5, 5.41) is 0. The molecule has 1 aliphatic heterocycles. The molecule has 25 heavy (non-hydrogen) atoms. The summed E-state index contributed by atoms with van der Waals surface area (Å²) in [5.41, 5.74) is 1.78. The fraction of sp³-hybridized carbons (Fsp3) is 0.316. The van der Waals surface area contributed by atoms with E-state index in [1.807, 2.05) is 24.3 Å². The number of nitrogens with zero attached hydrogens (tertiary/aromatic N) is 2.